The summed E-state index contributed by atoms with van der Waals surface area (Å²) in [5.74, 6) is 0. The smallest absolute Gasteiger partial charge is 0.343 e. The average molecular weight is 243 g/mol. The van der Waals surface area contributed by atoms with Crippen LogP contribution in [0.4, 0.5) is 0 Å². The Hall–Kier alpha value is -1.12. The van der Waals surface area contributed by atoms with Crippen molar-refractivity contribution in [2.45, 2.75) is 6.67 Å². The number of pyridine rings is 2. The van der Waals surface area contributed by atoms with Crippen LogP contribution in [0.3, 0.4) is 0 Å². The van der Waals surface area contributed by atoms with Crippen molar-refractivity contribution in [2.24, 2.45) is 0 Å². The Morgan fingerprint density at radius 3 is 1.20 bits per heavy atom. The highest BCUT2D eigenvalue weighted by atomic mass is 35.5. The average Bonchev–Trinajstić information content (AvgIpc) is 2.21. The molecule has 0 aliphatic heterocycles. The summed E-state index contributed by atoms with van der Waals surface area (Å²) in [6.45, 7) is 0.863. The van der Waals surface area contributed by atoms with Crippen molar-refractivity contribution in [3.8, 4) is 0 Å². The van der Waals surface area contributed by atoms with Crippen LogP contribution in [0, 0.1) is 0 Å². The molecule has 2 aromatic heterocycles. The van der Waals surface area contributed by atoms with E-state index in [9.17, 15) is 0 Å². The zero-order chi connectivity index (χ0) is 8.93. The molecule has 0 amide bonds. The Morgan fingerprint density at radius 1 is 0.533 bits per heavy atom. The summed E-state index contributed by atoms with van der Waals surface area (Å²) in [5.41, 5.74) is 0. The highest BCUT2D eigenvalue weighted by molar-refractivity contribution is 4.84. The fraction of sp³-hybridized carbons (Fsp3) is 0.0909. The Morgan fingerprint density at radius 2 is 0.867 bits per heavy atom. The SMILES string of the molecule is [Cl-].[Cl-].c1cc[n+](C[n+]2ccccc2)cc1. The van der Waals surface area contributed by atoms with E-state index in [0.29, 0.717) is 0 Å². The molecule has 0 fully saturated rings. The van der Waals surface area contributed by atoms with Gasteiger partial charge in [-0.2, -0.15) is 0 Å². The molecule has 2 aromatic rings. The first-order valence-corrected chi connectivity index (χ1v) is 4.33. The van der Waals surface area contributed by atoms with Crippen molar-refractivity contribution in [3.05, 3.63) is 61.2 Å². The van der Waals surface area contributed by atoms with Crippen molar-refractivity contribution in [1.82, 2.24) is 0 Å². The largest absolute Gasteiger partial charge is 1.00 e. The number of rotatable bonds is 2. The van der Waals surface area contributed by atoms with E-state index < -0.39 is 0 Å². The van der Waals surface area contributed by atoms with Crippen LogP contribution in [0.2, 0.25) is 0 Å². The molecule has 0 bridgehead atoms. The van der Waals surface area contributed by atoms with E-state index >= 15 is 0 Å². The monoisotopic (exact) mass is 242 g/mol. The second kappa shape index (κ2) is 7.21. The minimum absolute atomic E-state index is 0. The van der Waals surface area contributed by atoms with Crippen LogP contribution in [0.15, 0.2) is 61.2 Å². The van der Waals surface area contributed by atoms with Gasteiger partial charge in [-0.3, -0.25) is 0 Å². The van der Waals surface area contributed by atoms with Crippen molar-refractivity contribution in [3.63, 3.8) is 0 Å². The van der Waals surface area contributed by atoms with Gasteiger partial charge in [0.25, 0.3) is 0 Å². The molecule has 0 aliphatic carbocycles. The number of hydrogen-bond donors (Lipinski definition) is 0. The first-order chi connectivity index (χ1) is 6.45. The van der Waals surface area contributed by atoms with Crippen molar-refractivity contribution in [2.75, 3.05) is 0 Å². The summed E-state index contributed by atoms with van der Waals surface area (Å²) in [7, 11) is 0. The van der Waals surface area contributed by atoms with Gasteiger partial charge in [0, 0.05) is 24.3 Å². The van der Waals surface area contributed by atoms with Gasteiger partial charge in [0.15, 0.2) is 24.8 Å². The van der Waals surface area contributed by atoms with Crippen LogP contribution in [-0.4, -0.2) is 0 Å². The number of aromatic nitrogens is 2. The van der Waals surface area contributed by atoms with Crippen LogP contribution in [0.5, 0.6) is 0 Å². The fourth-order valence-corrected chi connectivity index (χ4v) is 1.25. The van der Waals surface area contributed by atoms with Gasteiger partial charge in [-0.25, -0.2) is 0 Å². The van der Waals surface area contributed by atoms with Crippen molar-refractivity contribution < 1.29 is 33.9 Å². The zero-order valence-electron chi connectivity index (χ0n) is 8.13. The summed E-state index contributed by atoms with van der Waals surface area (Å²) < 4.78 is 4.25. The lowest BCUT2D eigenvalue weighted by Crippen LogP contribution is -3.00. The number of hydrogen-bond acceptors (Lipinski definition) is 0. The maximum absolute atomic E-state index is 2.12. The molecule has 4 heteroatoms. The molecule has 0 N–H and O–H groups in total. The van der Waals surface area contributed by atoms with E-state index in [0.717, 1.165) is 6.67 Å². The molecule has 2 heterocycles. The van der Waals surface area contributed by atoms with Gasteiger partial charge in [-0.1, -0.05) is 12.1 Å². The normalized spacial score (nSPS) is 8.53. The molecule has 2 nitrogen and oxygen atoms in total. The molecule has 0 saturated carbocycles. The predicted octanol–water partition coefficient (Wildman–Crippen LogP) is -5.22. The van der Waals surface area contributed by atoms with E-state index in [1.165, 1.54) is 0 Å². The summed E-state index contributed by atoms with van der Waals surface area (Å²) in [5, 5.41) is 0. The van der Waals surface area contributed by atoms with Gasteiger partial charge in [0.05, 0.1) is 0 Å². The predicted molar refractivity (Wildman–Crippen MR) is 48.7 cm³/mol. The van der Waals surface area contributed by atoms with Gasteiger partial charge in [0.2, 0.25) is 0 Å². The van der Waals surface area contributed by atoms with E-state index in [-0.39, 0.29) is 24.8 Å². The third-order valence-corrected chi connectivity index (χ3v) is 1.88. The third-order valence-electron chi connectivity index (χ3n) is 1.88. The number of nitrogens with zero attached hydrogens (tertiary/aromatic N) is 2. The quantitative estimate of drug-likeness (QED) is 0.466. The van der Waals surface area contributed by atoms with E-state index in [1.54, 1.807) is 0 Å². The van der Waals surface area contributed by atoms with Crippen LogP contribution in [-0.2, 0) is 6.67 Å². The molecular weight excluding hydrogens is 231 g/mol. The molecule has 0 unspecified atom stereocenters. The first-order valence-electron chi connectivity index (χ1n) is 4.33. The van der Waals surface area contributed by atoms with Gasteiger partial charge >= 0.3 is 6.67 Å². The molecule has 2 rings (SSSR count). The third kappa shape index (κ3) is 4.28. The topological polar surface area (TPSA) is 7.76 Å². The van der Waals surface area contributed by atoms with Gasteiger partial charge < -0.3 is 24.8 Å². The van der Waals surface area contributed by atoms with Gasteiger partial charge in [-0.15, -0.1) is 9.13 Å². The molecule has 0 saturated heterocycles. The van der Waals surface area contributed by atoms with E-state index in [2.05, 4.69) is 33.9 Å². The molecule has 15 heavy (non-hydrogen) atoms. The maximum Gasteiger partial charge on any atom is 0.343 e. The molecular formula is C11H12Cl2N2. The summed E-state index contributed by atoms with van der Waals surface area (Å²) in [6.07, 6.45) is 8.22. The standard InChI is InChI=1S/C11H12N2.2ClH/c1-3-7-12(8-4-1)11-13-9-5-2-6-10-13;;/h1-10H,11H2;2*1H/q+2;;/p-2. The minimum atomic E-state index is 0. The lowest BCUT2D eigenvalue weighted by molar-refractivity contribution is -0.913. The zero-order valence-corrected chi connectivity index (χ0v) is 9.64. The lowest BCUT2D eigenvalue weighted by Gasteiger charge is -1.91. The minimum Gasteiger partial charge on any atom is -1.00 e. The second-order valence-corrected chi connectivity index (χ2v) is 2.92. The first kappa shape index (κ1) is 13.9. The summed E-state index contributed by atoms with van der Waals surface area (Å²) in [6, 6.07) is 12.2. The fourth-order valence-electron chi connectivity index (χ4n) is 1.25. The van der Waals surface area contributed by atoms with Crippen LogP contribution in [0.1, 0.15) is 0 Å². The molecule has 0 radical (unpaired) electrons. The molecule has 0 aliphatic rings. The van der Waals surface area contributed by atoms with Gasteiger partial charge in [0.1, 0.15) is 0 Å². The van der Waals surface area contributed by atoms with Crippen LogP contribution in [0.25, 0.3) is 0 Å². The van der Waals surface area contributed by atoms with E-state index in [4.69, 9.17) is 0 Å². The molecule has 80 valence electrons. The highest BCUT2D eigenvalue weighted by Crippen LogP contribution is 1.77. The van der Waals surface area contributed by atoms with Crippen LogP contribution < -0.4 is 33.9 Å². The Bertz CT molecular complexity index is 327. The number of halogens is 2. The second-order valence-electron chi connectivity index (χ2n) is 2.92. The van der Waals surface area contributed by atoms with E-state index in [1.807, 2.05) is 36.4 Å². The molecule has 0 atom stereocenters. The Balaban J connectivity index is 0.000000980. The summed E-state index contributed by atoms with van der Waals surface area (Å²) in [4.78, 5) is 0. The molecule has 0 aromatic carbocycles. The lowest BCUT2D eigenvalue weighted by atomic mass is 10.5. The molecule has 0 spiro atoms. The highest BCUT2D eigenvalue weighted by Gasteiger charge is 2.03. The Kier molecular flexibility index (Phi) is 6.67. The summed E-state index contributed by atoms with van der Waals surface area (Å²) >= 11 is 0. The van der Waals surface area contributed by atoms with Crippen molar-refractivity contribution in [1.29, 1.82) is 0 Å². The van der Waals surface area contributed by atoms with Crippen molar-refractivity contribution >= 4 is 0 Å². The van der Waals surface area contributed by atoms with Gasteiger partial charge in [-0.05, 0) is 0 Å². The van der Waals surface area contributed by atoms with Crippen LogP contribution >= 0.6 is 0 Å². The Labute approximate surface area is 102 Å². The maximum atomic E-state index is 2.12.